The Labute approximate surface area is 144 Å². The summed E-state index contributed by atoms with van der Waals surface area (Å²) in [5, 5.41) is 48.4. The van der Waals surface area contributed by atoms with Crippen molar-refractivity contribution in [2.45, 2.75) is 27.7 Å². The van der Waals surface area contributed by atoms with Crippen molar-refractivity contribution in [3.05, 3.63) is 51.4 Å². The minimum atomic E-state index is 0. The Hall–Kier alpha value is -2.46. The van der Waals surface area contributed by atoms with Crippen molar-refractivity contribution in [1.82, 2.24) is 4.98 Å². The minimum Gasteiger partial charge on any atom is -0.792 e. The second-order valence-electron chi connectivity index (χ2n) is 3.73. The standard InChI is InChI=1S/C5H5N.2C4H8N2O2.Co/c1-2-4-6-5-3-1;2*1-3(5-7)4(2)6-8;/h1-5H;2*7-8H,1-2H3;/p-4. The van der Waals surface area contributed by atoms with Gasteiger partial charge in [0.1, 0.15) is 0 Å². The van der Waals surface area contributed by atoms with Crippen LogP contribution >= 0.6 is 0 Å². The first-order valence-electron chi connectivity index (χ1n) is 5.97. The first-order valence-corrected chi connectivity index (χ1v) is 5.97. The molecule has 0 aliphatic rings. The molecule has 0 aromatic carbocycles. The summed E-state index contributed by atoms with van der Waals surface area (Å²) in [4.78, 5) is 3.78. The summed E-state index contributed by atoms with van der Waals surface area (Å²) < 4.78 is 0. The molecule has 1 heterocycles. The van der Waals surface area contributed by atoms with Gasteiger partial charge in [0, 0.05) is 52.0 Å². The first-order chi connectivity index (χ1) is 10.4. The third kappa shape index (κ3) is 15.7. The second kappa shape index (κ2) is 17.6. The quantitative estimate of drug-likeness (QED) is 0.581. The van der Waals surface area contributed by atoms with Crippen molar-refractivity contribution in [2.24, 2.45) is 20.6 Å². The predicted molar refractivity (Wildman–Crippen MR) is 90.1 cm³/mol. The van der Waals surface area contributed by atoms with Crippen LogP contribution in [0.3, 0.4) is 0 Å². The monoisotopic (exact) mass is 366 g/mol. The SMILES string of the molecule is CC(=N[O-])C(C)=N[O-].CC(=N[O-])C(C)=N[O-].[Co].c1ccncc1. The maximum absolute atomic E-state index is 9.60. The summed E-state index contributed by atoms with van der Waals surface area (Å²) in [6, 6.07) is 5.72. The van der Waals surface area contributed by atoms with Gasteiger partial charge in [0.15, 0.2) is 0 Å². The van der Waals surface area contributed by atoms with Crippen LogP contribution in [0.5, 0.6) is 0 Å². The number of rotatable bonds is 2. The van der Waals surface area contributed by atoms with Crippen LogP contribution < -0.4 is 0 Å². The van der Waals surface area contributed by atoms with Gasteiger partial charge < -0.3 is 41.5 Å². The van der Waals surface area contributed by atoms with Crippen LogP contribution in [0.25, 0.3) is 0 Å². The fourth-order valence-electron chi connectivity index (χ4n) is 0.577. The summed E-state index contributed by atoms with van der Waals surface area (Å²) in [5.41, 5.74) is 0.556. The maximum atomic E-state index is 9.60. The van der Waals surface area contributed by atoms with Gasteiger partial charge in [-0.15, -0.1) is 0 Å². The smallest absolute Gasteiger partial charge is 0.0465 e. The largest absolute Gasteiger partial charge is 0.792 e. The zero-order valence-corrected chi connectivity index (χ0v) is 14.1. The van der Waals surface area contributed by atoms with Gasteiger partial charge in [-0.3, -0.25) is 4.98 Å². The molecule has 131 valence electrons. The van der Waals surface area contributed by atoms with Gasteiger partial charge in [-0.2, -0.15) is 0 Å². The Bertz CT molecular complexity index is 428. The molecule has 0 saturated carbocycles. The summed E-state index contributed by atoms with van der Waals surface area (Å²) in [6.07, 6.45) is 3.50. The van der Waals surface area contributed by atoms with E-state index in [0.29, 0.717) is 0 Å². The van der Waals surface area contributed by atoms with E-state index in [9.17, 15) is 20.8 Å². The fourth-order valence-corrected chi connectivity index (χ4v) is 0.577. The molecule has 9 nitrogen and oxygen atoms in total. The van der Waals surface area contributed by atoms with Crippen LogP contribution in [-0.4, -0.2) is 27.8 Å². The molecule has 0 atom stereocenters. The van der Waals surface area contributed by atoms with Gasteiger partial charge in [0.2, 0.25) is 0 Å². The average Bonchev–Trinajstić information content (AvgIpc) is 2.61. The molecular formula is C13H17CoN5O4-4. The van der Waals surface area contributed by atoms with E-state index < -0.39 is 0 Å². The molecule has 23 heavy (non-hydrogen) atoms. The van der Waals surface area contributed by atoms with E-state index in [1.807, 2.05) is 18.2 Å². The summed E-state index contributed by atoms with van der Waals surface area (Å²) in [7, 11) is 0. The molecule has 0 fully saturated rings. The summed E-state index contributed by atoms with van der Waals surface area (Å²) in [5.74, 6) is 0. The molecule has 0 aliphatic carbocycles. The summed E-state index contributed by atoms with van der Waals surface area (Å²) in [6.45, 7) is 5.74. The van der Waals surface area contributed by atoms with Crippen molar-refractivity contribution in [1.29, 1.82) is 0 Å². The van der Waals surface area contributed by atoms with Gasteiger partial charge in [-0.05, 0) is 39.8 Å². The van der Waals surface area contributed by atoms with Crippen molar-refractivity contribution in [3.8, 4) is 0 Å². The van der Waals surface area contributed by atoms with Gasteiger partial charge in [0.25, 0.3) is 0 Å². The molecule has 0 N–H and O–H groups in total. The zero-order chi connectivity index (χ0) is 17.4. The molecule has 1 radical (unpaired) electrons. The Morgan fingerprint density at radius 2 is 0.870 bits per heavy atom. The maximum Gasteiger partial charge on any atom is 0.0465 e. The van der Waals surface area contributed by atoms with E-state index in [2.05, 4.69) is 25.6 Å². The molecular weight excluding hydrogens is 349 g/mol. The van der Waals surface area contributed by atoms with E-state index in [-0.39, 0.29) is 39.6 Å². The Morgan fingerprint density at radius 3 is 0.957 bits per heavy atom. The number of pyridine rings is 1. The molecule has 0 bridgehead atoms. The zero-order valence-electron chi connectivity index (χ0n) is 13.1. The topological polar surface area (TPSA) is 155 Å². The molecule has 0 saturated heterocycles. The van der Waals surface area contributed by atoms with E-state index in [4.69, 9.17) is 0 Å². The number of aromatic nitrogens is 1. The van der Waals surface area contributed by atoms with Crippen LogP contribution in [0.15, 0.2) is 51.2 Å². The van der Waals surface area contributed by atoms with E-state index in [0.717, 1.165) is 0 Å². The van der Waals surface area contributed by atoms with Crippen LogP contribution in [0.1, 0.15) is 27.7 Å². The third-order valence-corrected chi connectivity index (χ3v) is 2.16. The number of nitrogens with zero attached hydrogens (tertiary/aromatic N) is 5. The second-order valence-corrected chi connectivity index (χ2v) is 3.73. The molecule has 10 heteroatoms. The average molecular weight is 366 g/mol. The fraction of sp³-hybridized carbons (Fsp3) is 0.308. The van der Waals surface area contributed by atoms with Crippen molar-refractivity contribution >= 4 is 22.8 Å². The molecule has 1 aromatic heterocycles. The first kappa shape index (κ1) is 25.5. The Morgan fingerprint density at radius 1 is 0.609 bits per heavy atom. The van der Waals surface area contributed by atoms with Crippen molar-refractivity contribution in [3.63, 3.8) is 0 Å². The van der Waals surface area contributed by atoms with Gasteiger partial charge >= 0.3 is 0 Å². The van der Waals surface area contributed by atoms with Gasteiger partial charge in [0.05, 0.1) is 0 Å². The molecule has 0 unspecified atom stereocenters. The molecule has 0 aliphatic heterocycles. The van der Waals surface area contributed by atoms with E-state index >= 15 is 0 Å². The van der Waals surface area contributed by atoms with E-state index in [1.165, 1.54) is 27.7 Å². The predicted octanol–water partition coefficient (Wildman–Crippen LogP) is 2.89. The van der Waals surface area contributed by atoms with Gasteiger partial charge in [-0.25, -0.2) is 0 Å². The van der Waals surface area contributed by atoms with Crippen LogP contribution in [-0.2, 0) is 16.8 Å². The number of hydrogen-bond acceptors (Lipinski definition) is 9. The van der Waals surface area contributed by atoms with Gasteiger partial charge in [-0.1, -0.05) is 6.07 Å². The summed E-state index contributed by atoms with van der Waals surface area (Å²) >= 11 is 0. The van der Waals surface area contributed by atoms with Crippen molar-refractivity contribution in [2.75, 3.05) is 0 Å². The van der Waals surface area contributed by atoms with Crippen molar-refractivity contribution < 1.29 is 16.8 Å². The Kier molecular flexibility index (Phi) is 19.5. The molecule has 0 spiro atoms. The van der Waals surface area contributed by atoms with Crippen LogP contribution in [0, 0.1) is 20.8 Å². The minimum absolute atomic E-state index is 0. The van der Waals surface area contributed by atoms with Crippen LogP contribution in [0.4, 0.5) is 0 Å². The number of hydrogen-bond donors (Lipinski definition) is 0. The third-order valence-electron chi connectivity index (χ3n) is 2.16. The van der Waals surface area contributed by atoms with Crippen LogP contribution in [0.2, 0.25) is 0 Å². The molecule has 0 amide bonds. The molecule has 1 aromatic rings. The Balaban J connectivity index is -0.000000257. The molecule has 1 rings (SSSR count). The van der Waals surface area contributed by atoms with E-state index in [1.54, 1.807) is 12.4 Å². The normalized spacial score (nSPS) is 12.0.